The minimum Gasteiger partial charge on any atom is -0.411 e. The molecular weight excluding hydrogens is 472 g/mol. The molecule has 9 heteroatoms. The minimum atomic E-state index is -0.151. The van der Waals surface area contributed by atoms with Gasteiger partial charge in [-0.05, 0) is 47.1 Å². The Labute approximate surface area is 183 Å². The van der Waals surface area contributed by atoms with Crippen LogP contribution in [0.5, 0.6) is 0 Å². The van der Waals surface area contributed by atoms with Crippen LogP contribution < -0.4 is 5.32 Å². The molecule has 0 unspecified atom stereocenters. The highest BCUT2D eigenvalue weighted by Crippen LogP contribution is 2.29. The second-order valence-corrected chi connectivity index (χ2v) is 8.87. The first kappa shape index (κ1) is 19.8. The van der Waals surface area contributed by atoms with Gasteiger partial charge in [-0.3, -0.25) is 4.79 Å². The summed E-state index contributed by atoms with van der Waals surface area (Å²) in [4.78, 5) is 16.8. The molecule has 2 heterocycles. The number of thioether (sulfide) groups is 1. The average Bonchev–Trinajstić information content (AvgIpc) is 3.36. The Morgan fingerprint density at radius 1 is 1.21 bits per heavy atom. The van der Waals surface area contributed by atoms with Gasteiger partial charge in [-0.2, -0.15) is 0 Å². The zero-order valence-electron chi connectivity index (χ0n) is 15.3. The van der Waals surface area contributed by atoms with Gasteiger partial charge in [0.1, 0.15) is 0 Å². The Morgan fingerprint density at radius 2 is 2.07 bits per heavy atom. The third-order valence-corrected chi connectivity index (χ3v) is 6.18. The number of anilines is 1. The molecule has 1 N–H and O–H groups in total. The Bertz CT molecular complexity index is 1160. The van der Waals surface area contributed by atoms with Gasteiger partial charge < -0.3 is 9.73 Å². The number of rotatable bonds is 6. The van der Waals surface area contributed by atoms with Gasteiger partial charge in [0.25, 0.3) is 5.22 Å². The highest BCUT2D eigenvalue weighted by atomic mass is 79.9. The number of hydrogen-bond donors (Lipinski definition) is 1. The molecule has 0 spiro atoms. The quantitative estimate of drug-likeness (QED) is 0.354. The van der Waals surface area contributed by atoms with Crippen LogP contribution in [0.4, 0.5) is 5.69 Å². The van der Waals surface area contributed by atoms with E-state index in [1.54, 1.807) is 11.3 Å². The van der Waals surface area contributed by atoms with Crippen molar-refractivity contribution in [2.24, 2.45) is 0 Å². The molecule has 0 aliphatic carbocycles. The van der Waals surface area contributed by atoms with Crippen molar-refractivity contribution in [2.75, 3.05) is 11.1 Å². The summed E-state index contributed by atoms with van der Waals surface area (Å²) in [5.74, 6) is 0.423. The molecule has 0 bridgehead atoms. The Balaban J connectivity index is 1.37. The number of thiazole rings is 1. The third-order valence-electron chi connectivity index (χ3n) is 3.90. The van der Waals surface area contributed by atoms with Gasteiger partial charge in [-0.1, -0.05) is 36.0 Å². The number of aromatic nitrogens is 3. The molecule has 4 rings (SSSR count). The lowest BCUT2D eigenvalue weighted by Crippen LogP contribution is -2.14. The smallest absolute Gasteiger partial charge is 0.277 e. The van der Waals surface area contributed by atoms with E-state index in [-0.39, 0.29) is 11.7 Å². The highest BCUT2D eigenvalue weighted by Gasteiger charge is 2.13. The van der Waals surface area contributed by atoms with Gasteiger partial charge in [0.2, 0.25) is 11.8 Å². The molecule has 146 valence electrons. The maximum atomic E-state index is 12.3. The van der Waals surface area contributed by atoms with Crippen LogP contribution in [0.15, 0.2) is 68.0 Å². The van der Waals surface area contributed by atoms with Crippen molar-refractivity contribution in [1.82, 2.24) is 15.2 Å². The first-order valence-corrected chi connectivity index (χ1v) is 11.3. The molecule has 0 saturated carbocycles. The molecule has 2 aromatic heterocycles. The monoisotopic (exact) mass is 486 g/mol. The maximum Gasteiger partial charge on any atom is 0.277 e. The molecule has 2 aromatic carbocycles. The number of hydrogen-bond acceptors (Lipinski definition) is 7. The summed E-state index contributed by atoms with van der Waals surface area (Å²) in [6.07, 6.45) is 0. The molecule has 0 radical (unpaired) electrons. The van der Waals surface area contributed by atoms with E-state index >= 15 is 0 Å². The summed E-state index contributed by atoms with van der Waals surface area (Å²) in [6, 6.07) is 15.2. The number of benzene rings is 2. The van der Waals surface area contributed by atoms with Crippen LogP contribution >= 0.6 is 39.0 Å². The number of carbonyl (C=O) groups is 1. The van der Waals surface area contributed by atoms with Gasteiger partial charge in [0.05, 0.1) is 22.0 Å². The lowest BCUT2D eigenvalue weighted by Gasteiger charge is -2.05. The molecule has 0 fully saturated rings. The summed E-state index contributed by atoms with van der Waals surface area (Å²) in [7, 11) is 0. The van der Waals surface area contributed by atoms with Crippen LogP contribution in [-0.2, 0) is 4.79 Å². The average molecular weight is 487 g/mol. The van der Waals surface area contributed by atoms with E-state index in [2.05, 4.69) is 36.4 Å². The molecule has 0 saturated heterocycles. The molecule has 1 amide bonds. The van der Waals surface area contributed by atoms with Gasteiger partial charge in [0.15, 0.2) is 0 Å². The van der Waals surface area contributed by atoms with E-state index in [0.717, 1.165) is 32.0 Å². The normalized spacial score (nSPS) is 10.8. The number of aryl methyl sites for hydroxylation is 1. The van der Waals surface area contributed by atoms with Crippen molar-refractivity contribution in [2.45, 2.75) is 12.1 Å². The van der Waals surface area contributed by atoms with Gasteiger partial charge >= 0.3 is 0 Å². The predicted molar refractivity (Wildman–Crippen MR) is 119 cm³/mol. The molecule has 29 heavy (non-hydrogen) atoms. The fourth-order valence-electron chi connectivity index (χ4n) is 2.59. The lowest BCUT2D eigenvalue weighted by molar-refractivity contribution is -0.113. The zero-order chi connectivity index (χ0) is 20.2. The van der Waals surface area contributed by atoms with Crippen LogP contribution in [0.1, 0.15) is 5.01 Å². The van der Waals surface area contributed by atoms with Crippen molar-refractivity contribution in [3.05, 3.63) is 63.4 Å². The summed E-state index contributed by atoms with van der Waals surface area (Å²) < 4.78 is 6.52. The number of nitrogens with one attached hydrogen (secondary N) is 1. The third kappa shape index (κ3) is 4.92. The fourth-order valence-corrected chi connectivity index (χ4v) is 4.23. The number of halogens is 1. The first-order valence-electron chi connectivity index (χ1n) is 8.62. The van der Waals surface area contributed by atoms with E-state index in [1.165, 1.54) is 11.8 Å². The van der Waals surface area contributed by atoms with E-state index < -0.39 is 0 Å². The fraction of sp³-hybridized carbons (Fsp3) is 0.100. The molecule has 4 aromatic rings. The molecule has 6 nitrogen and oxygen atoms in total. The lowest BCUT2D eigenvalue weighted by atomic mass is 10.1. The van der Waals surface area contributed by atoms with Crippen molar-refractivity contribution in [3.8, 4) is 22.7 Å². The zero-order valence-corrected chi connectivity index (χ0v) is 18.5. The largest absolute Gasteiger partial charge is 0.411 e. The number of carbonyl (C=O) groups excluding carboxylic acids is 1. The summed E-state index contributed by atoms with van der Waals surface area (Å²) in [6.45, 7) is 1.97. The van der Waals surface area contributed by atoms with Crippen molar-refractivity contribution in [3.63, 3.8) is 0 Å². The Kier molecular flexibility index (Phi) is 6.08. The number of amides is 1. The van der Waals surface area contributed by atoms with Gasteiger partial charge in [-0.25, -0.2) is 4.98 Å². The van der Waals surface area contributed by atoms with Crippen LogP contribution in [0, 0.1) is 6.92 Å². The first-order chi connectivity index (χ1) is 14.1. The van der Waals surface area contributed by atoms with Crippen molar-refractivity contribution in [1.29, 1.82) is 0 Å². The minimum absolute atomic E-state index is 0.151. The molecule has 0 atom stereocenters. The Hall–Kier alpha value is -2.49. The highest BCUT2D eigenvalue weighted by molar-refractivity contribution is 9.10. The second-order valence-electron chi connectivity index (χ2n) is 6.02. The van der Waals surface area contributed by atoms with Gasteiger partial charge in [0, 0.05) is 21.1 Å². The predicted octanol–water partition coefficient (Wildman–Crippen LogP) is 5.66. The second kappa shape index (κ2) is 8.89. The molecular formula is C20H15BrN4O2S2. The maximum absolute atomic E-state index is 12.3. The van der Waals surface area contributed by atoms with E-state index in [9.17, 15) is 4.79 Å². The summed E-state index contributed by atoms with van der Waals surface area (Å²) >= 11 is 6.26. The van der Waals surface area contributed by atoms with Crippen LogP contribution in [0.2, 0.25) is 0 Å². The standard InChI is InChI=1S/C20H15BrN4O2S2/c1-12-22-17(10-28-12)13-5-4-6-14(9-13)23-18(26)11-29-20-25-24-19(27-20)15-7-2-3-8-16(15)21/h2-10H,11H2,1H3,(H,23,26). The SMILES string of the molecule is Cc1nc(-c2cccc(NC(=O)CSc3nnc(-c4ccccc4Br)o3)c2)cs1. The Morgan fingerprint density at radius 3 is 2.86 bits per heavy atom. The van der Waals surface area contributed by atoms with Crippen LogP contribution in [0.3, 0.4) is 0 Å². The summed E-state index contributed by atoms with van der Waals surface area (Å²) in [5.41, 5.74) is 3.40. The number of nitrogens with zero attached hydrogens (tertiary/aromatic N) is 3. The van der Waals surface area contributed by atoms with E-state index in [4.69, 9.17) is 4.42 Å². The topological polar surface area (TPSA) is 80.9 Å². The van der Waals surface area contributed by atoms with Gasteiger partial charge in [-0.15, -0.1) is 21.5 Å². The van der Waals surface area contributed by atoms with Crippen LogP contribution in [0.25, 0.3) is 22.7 Å². The molecule has 0 aliphatic heterocycles. The van der Waals surface area contributed by atoms with E-state index in [1.807, 2.05) is 60.8 Å². The van der Waals surface area contributed by atoms with Crippen molar-refractivity contribution < 1.29 is 9.21 Å². The molecule has 0 aliphatic rings. The van der Waals surface area contributed by atoms with E-state index in [0.29, 0.717) is 11.1 Å². The van der Waals surface area contributed by atoms with Crippen LogP contribution in [-0.4, -0.2) is 26.8 Å². The van der Waals surface area contributed by atoms with Crippen molar-refractivity contribution >= 4 is 50.6 Å². The summed E-state index contributed by atoms with van der Waals surface area (Å²) in [5, 5.41) is 14.3.